The molecule has 0 aromatic carbocycles. The molecule has 0 unspecified atom stereocenters. The van der Waals surface area contributed by atoms with Gasteiger partial charge in [-0.2, -0.15) is 0 Å². The lowest BCUT2D eigenvalue weighted by Gasteiger charge is -2.24. The second-order valence-corrected chi connectivity index (χ2v) is 4.93. The molecule has 102 valence electrons. The number of carbonyl (C=O) groups excluding carboxylic acids is 1. The van der Waals surface area contributed by atoms with Crippen LogP contribution >= 0.6 is 0 Å². The van der Waals surface area contributed by atoms with Crippen molar-refractivity contribution in [3.8, 4) is 11.8 Å². The largest absolute Gasteiger partial charge is 0.288 e. The molecule has 0 aromatic rings. The molecule has 0 atom stereocenters. The third kappa shape index (κ3) is 6.44. The summed E-state index contributed by atoms with van der Waals surface area (Å²) in [7, 11) is 0. The summed E-state index contributed by atoms with van der Waals surface area (Å²) in [6.07, 6.45) is 3.08. The Labute approximate surface area is 112 Å². The molecule has 3 nitrogen and oxygen atoms in total. The van der Waals surface area contributed by atoms with Gasteiger partial charge in [0, 0.05) is 25.4 Å². The Bertz CT molecular complexity index is 345. The van der Waals surface area contributed by atoms with Crippen LogP contribution in [0, 0.1) is 11.8 Å². The van der Waals surface area contributed by atoms with E-state index in [0.29, 0.717) is 5.84 Å². The quantitative estimate of drug-likeness (QED) is 0.326. The molecular formula is C15H26N2O. The van der Waals surface area contributed by atoms with Crippen LogP contribution in [0.3, 0.4) is 0 Å². The molecule has 0 radical (unpaired) electrons. The van der Waals surface area contributed by atoms with E-state index in [-0.39, 0.29) is 18.0 Å². The van der Waals surface area contributed by atoms with Crippen molar-refractivity contribution in [1.29, 1.82) is 0 Å². The fourth-order valence-electron chi connectivity index (χ4n) is 1.56. The Morgan fingerprint density at radius 2 is 1.89 bits per heavy atom. The second kappa shape index (κ2) is 8.74. The van der Waals surface area contributed by atoms with Crippen molar-refractivity contribution in [3.63, 3.8) is 0 Å². The Kier molecular flexibility index (Phi) is 8.11. The Hall–Kier alpha value is -1.30. The summed E-state index contributed by atoms with van der Waals surface area (Å²) in [5.41, 5.74) is 0. The molecule has 0 fully saturated rings. The van der Waals surface area contributed by atoms with Crippen molar-refractivity contribution in [2.75, 3.05) is 0 Å². The molecule has 0 saturated heterocycles. The Balaban J connectivity index is 5.07. The van der Waals surface area contributed by atoms with Gasteiger partial charge in [-0.25, -0.2) is 0 Å². The first-order valence-electron chi connectivity index (χ1n) is 6.76. The molecule has 0 aliphatic heterocycles. The molecule has 1 amide bonds. The van der Waals surface area contributed by atoms with Gasteiger partial charge in [-0.1, -0.05) is 19.3 Å². The maximum Gasteiger partial charge on any atom is 0.225 e. The molecule has 0 spiro atoms. The van der Waals surface area contributed by atoms with Crippen LogP contribution in [0.25, 0.3) is 0 Å². The van der Waals surface area contributed by atoms with E-state index in [4.69, 9.17) is 0 Å². The van der Waals surface area contributed by atoms with E-state index in [2.05, 4.69) is 23.8 Å². The molecule has 0 aromatic heterocycles. The maximum atomic E-state index is 11.7. The number of hydrogen-bond acceptors (Lipinski definition) is 2. The summed E-state index contributed by atoms with van der Waals surface area (Å²) in [6, 6.07) is 0.224. The van der Waals surface area contributed by atoms with Crippen molar-refractivity contribution in [3.05, 3.63) is 0 Å². The highest BCUT2D eigenvalue weighted by atomic mass is 16.2. The van der Waals surface area contributed by atoms with Crippen molar-refractivity contribution >= 4 is 11.7 Å². The van der Waals surface area contributed by atoms with Gasteiger partial charge in [-0.05, 0) is 40.0 Å². The fraction of sp³-hybridized carbons (Fsp3) is 0.733. The van der Waals surface area contributed by atoms with E-state index in [1.165, 1.54) is 0 Å². The van der Waals surface area contributed by atoms with Crippen molar-refractivity contribution in [2.24, 2.45) is 4.99 Å². The molecule has 0 bridgehead atoms. The van der Waals surface area contributed by atoms with E-state index in [1.807, 2.05) is 27.7 Å². The number of unbranched alkanes of at least 4 members (excludes halogenated alkanes) is 2. The number of amidine groups is 1. The van der Waals surface area contributed by atoms with Crippen molar-refractivity contribution < 1.29 is 4.79 Å². The van der Waals surface area contributed by atoms with Crippen LogP contribution in [0.2, 0.25) is 0 Å². The lowest BCUT2D eigenvalue weighted by atomic mass is 10.2. The molecule has 0 rings (SSSR count). The van der Waals surface area contributed by atoms with E-state index in [1.54, 1.807) is 11.8 Å². The number of aliphatic imine (C=N–C) groups is 1. The van der Waals surface area contributed by atoms with Gasteiger partial charge in [0.25, 0.3) is 0 Å². The average molecular weight is 250 g/mol. The predicted octanol–water partition coefficient (Wildman–Crippen LogP) is 3.24. The zero-order valence-corrected chi connectivity index (χ0v) is 12.6. The minimum atomic E-state index is -0.00538. The van der Waals surface area contributed by atoms with Crippen LogP contribution in [0.1, 0.15) is 60.8 Å². The van der Waals surface area contributed by atoms with Gasteiger partial charge in [0.1, 0.15) is 0 Å². The first-order chi connectivity index (χ1) is 8.40. The normalized spacial score (nSPS) is 11.4. The summed E-state index contributed by atoms with van der Waals surface area (Å²) in [5, 5.41) is 0. The smallest absolute Gasteiger partial charge is 0.225 e. The van der Waals surface area contributed by atoms with Gasteiger partial charge in [0.05, 0.1) is 0 Å². The zero-order valence-electron chi connectivity index (χ0n) is 12.6. The van der Waals surface area contributed by atoms with Gasteiger partial charge in [0.2, 0.25) is 5.91 Å². The first-order valence-corrected chi connectivity index (χ1v) is 6.76. The molecule has 3 heteroatoms. The molecule has 0 saturated carbocycles. The zero-order chi connectivity index (χ0) is 14.1. The Morgan fingerprint density at radius 3 is 2.28 bits per heavy atom. The predicted molar refractivity (Wildman–Crippen MR) is 77.5 cm³/mol. The van der Waals surface area contributed by atoms with Crippen LogP contribution < -0.4 is 0 Å². The van der Waals surface area contributed by atoms with Gasteiger partial charge in [-0.3, -0.25) is 14.7 Å². The highest BCUT2D eigenvalue weighted by molar-refractivity contribution is 6.07. The van der Waals surface area contributed by atoms with Crippen LogP contribution in [-0.2, 0) is 4.79 Å². The van der Waals surface area contributed by atoms with Gasteiger partial charge in [0.15, 0.2) is 5.84 Å². The van der Waals surface area contributed by atoms with Crippen LogP contribution in [0.4, 0.5) is 0 Å². The van der Waals surface area contributed by atoms with Crippen molar-refractivity contribution in [2.45, 2.75) is 72.9 Å². The SMILES string of the molecule is CCCCC#CC(=NC(C)C)N(C(C)=O)C(C)C. The van der Waals surface area contributed by atoms with Crippen LogP contribution in [0.15, 0.2) is 4.99 Å². The minimum Gasteiger partial charge on any atom is -0.288 e. The monoisotopic (exact) mass is 250 g/mol. The average Bonchev–Trinajstić information content (AvgIpc) is 2.22. The van der Waals surface area contributed by atoms with E-state index >= 15 is 0 Å². The van der Waals surface area contributed by atoms with E-state index in [9.17, 15) is 4.79 Å². The second-order valence-electron chi connectivity index (χ2n) is 4.93. The van der Waals surface area contributed by atoms with Crippen LogP contribution in [-0.4, -0.2) is 28.7 Å². The van der Waals surface area contributed by atoms with E-state index < -0.39 is 0 Å². The lowest BCUT2D eigenvalue weighted by Crippen LogP contribution is -2.40. The third-order valence-corrected chi connectivity index (χ3v) is 2.32. The highest BCUT2D eigenvalue weighted by Gasteiger charge is 2.17. The number of nitrogens with zero attached hydrogens (tertiary/aromatic N) is 2. The molecule has 0 heterocycles. The fourth-order valence-corrected chi connectivity index (χ4v) is 1.56. The van der Waals surface area contributed by atoms with Gasteiger partial charge >= 0.3 is 0 Å². The van der Waals surface area contributed by atoms with Crippen molar-refractivity contribution in [1.82, 2.24) is 4.90 Å². The first kappa shape index (κ1) is 16.7. The van der Waals surface area contributed by atoms with Gasteiger partial charge in [-0.15, -0.1) is 0 Å². The maximum absolute atomic E-state index is 11.7. The highest BCUT2D eigenvalue weighted by Crippen LogP contribution is 2.03. The standard InChI is InChI=1S/C15H26N2O/c1-7-8-9-10-11-15(16-12(2)3)17(13(4)5)14(6)18/h12-13H,7-9H2,1-6H3. The summed E-state index contributed by atoms with van der Waals surface area (Å²) in [5.74, 6) is 6.76. The number of hydrogen-bond donors (Lipinski definition) is 0. The summed E-state index contributed by atoms with van der Waals surface area (Å²) in [6.45, 7) is 11.6. The number of carbonyl (C=O) groups is 1. The summed E-state index contributed by atoms with van der Waals surface area (Å²) in [4.78, 5) is 17.8. The van der Waals surface area contributed by atoms with Gasteiger partial charge < -0.3 is 0 Å². The summed E-state index contributed by atoms with van der Waals surface area (Å²) >= 11 is 0. The molecule has 0 aliphatic rings. The molecular weight excluding hydrogens is 224 g/mol. The van der Waals surface area contributed by atoms with E-state index in [0.717, 1.165) is 19.3 Å². The third-order valence-electron chi connectivity index (χ3n) is 2.32. The lowest BCUT2D eigenvalue weighted by molar-refractivity contribution is -0.126. The Morgan fingerprint density at radius 1 is 1.28 bits per heavy atom. The topological polar surface area (TPSA) is 32.7 Å². The van der Waals surface area contributed by atoms with Crippen LogP contribution in [0.5, 0.6) is 0 Å². The number of rotatable bonds is 4. The molecule has 18 heavy (non-hydrogen) atoms. The number of amides is 1. The summed E-state index contributed by atoms with van der Waals surface area (Å²) < 4.78 is 0. The molecule has 0 aliphatic carbocycles. The molecule has 0 N–H and O–H groups in total. The minimum absolute atomic E-state index is 0.00538.